The molecule has 0 bridgehead atoms. The van der Waals surface area contributed by atoms with Crippen LogP contribution < -0.4 is 9.47 Å². The first kappa shape index (κ1) is 14.1. The van der Waals surface area contributed by atoms with Gasteiger partial charge in [0.1, 0.15) is 0 Å². The smallest absolute Gasteiger partial charge is 0.374 e. The highest BCUT2D eigenvalue weighted by molar-refractivity contribution is 7.83. The molecule has 0 spiro atoms. The summed E-state index contributed by atoms with van der Waals surface area (Å²) >= 11 is 0. The summed E-state index contributed by atoms with van der Waals surface area (Å²) in [5.74, 6) is 1.19. The Balaban J connectivity index is 2.32. The summed E-state index contributed by atoms with van der Waals surface area (Å²) in [7, 11) is -1.55. The van der Waals surface area contributed by atoms with Crippen LogP contribution in [0.1, 0.15) is 11.1 Å². The van der Waals surface area contributed by atoms with Crippen molar-refractivity contribution in [2.75, 3.05) is 27.3 Å². The highest BCUT2D eigenvalue weighted by Gasteiger charge is 2.24. The second-order valence-electron chi connectivity index (χ2n) is 4.32. The van der Waals surface area contributed by atoms with E-state index in [9.17, 15) is 12.3 Å². The molecule has 1 aliphatic rings. The maximum Gasteiger partial charge on any atom is 0.374 e. The van der Waals surface area contributed by atoms with Gasteiger partial charge in [0.2, 0.25) is 0 Å². The zero-order chi connectivity index (χ0) is 14.0. The van der Waals surface area contributed by atoms with Crippen molar-refractivity contribution in [2.24, 2.45) is 0 Å². The number of methoxy groups -OCH3 is 2. The average molecular weight is 289 g/mol. The lowest BCUT2D eigenvalue weighted by atomic mass is 10.0. The number of rotatable bonds is 3. The van der Waals surface area contributed by atoms with Crippen molar-refractivity contribution in [3.8, 4) is 11.5 Å². The summed E-state index contributed by atoms with van der Waals surface area (Å²) in [5.41, 5.74) is 1.92. The van der Waals surface area contributed by atoms with E-state index in [2.05, 4.69) is 0 Å². The first-order valence-electron chi connectivity index (χ1n) is 5.89. The summed E-state index contributed by atoms with van der Waals surface area (Å²) in [6.45, 7) is 0.280. The van der Waals surface area contributed by atoms with E-state index in [1.54, 1.807) is 14.2 Å². The molecule has 0 N–H and O–H groups in total. The van der Waals surface area contributed by atoms with Gasteiger partial charge in [0.15, 0.2) is 11.5 Å². The van der Waals surface area contributed by atoms with Crippen LogP contribution >= 0.6 is 0 Å². The molecule has 5 nitrogen and oxygen atoms in total. The van der Waals surface area contributed by atoms with E-state index in [0.29, 0.717) is 24.3 Å². The predicted octanol–water partition coefficient (Wildman–Crippen LogP) is 1.32. The molecule has 1 heterocycles. The fourth-order valence-corrected chi connectivity index (χ4v) is 2.87. The molecule has 7 heteroatoms. The number of fused-ring (bicyclic) bond motifs is 1. The SMILES string of the molecule is COc1cc2c(cc1OC)CCN(S(=O)(=O)F)CC2. The van der Waals surface area contributed by atoms with Crippen LogP contribution in [0.2, 0.25) is 0 Å². The first-order chi connectivity index (χ1) is 8.95. The normalized spacial score (nSPS) is 16.6. The van der Waals surface area contributed by atoms with Gasteiger partial charge in [-0.1, -0.05) is 3.89 Å². The third kappa shape index (κ3) is 2.98. The van der Waals surface area contributed by atoms with Crippen LogP contribution in [-0.2, 0) is 23.3 Å². The van der Waals surface area contributed by atoms with Crippen LogP contribution in [0.15, 0.2) is 12.1 Å². The largest absolute Gasteiger partial charge is 0.493 e. The minimum absolute atomic E-state index is 0.140. The van der Waals surface area contributed by atoms with Gasteiger partial charge in [-0.05, 0) is 36.1 Å². The molecule has 1 aliphatic heterocycles. The van der Waals surface area contributed by atoms with Crippen LogP contribution in [0.5, 0.6) is 11.5 Å². The van der Waals surface area contributed by atoms with Crippen molar-refractivity contribution in [2.45, 2.75) is 12.8 Å². The van der Waals surface area contributed by atoms with Gasteiger partial charge in [0, 0.05) is 13.1 Å². The number of hydrogen-bond donors (Lipinski definition) is 0. The van der Waals surface area contributed by atoms with Crippen LogP contribution in [0.4, 0.5) is 3.89 Å². The molecule has 106 valence electrons. The van der Waals surface area contributed by atoms with E-state index in [1.807, 2.05) is 12.1 Å². The molecule has 0 radical (unpaired) electrons. The van der Waals surface area contributed by atoms with Gasteiger partial charge in [0.25, 0.3) is 0 Å². The molecule has 0 fully saturated rings. The van der Waals surface area contributed by atoms with Crippen molar-refractivity contribution in [3.63, 3.8) is 0 Å². The Morgan fingerprint density at radius 1 is 1.05 bits per heavy atom. The Bertz CT molecular complexity index is 538. The fourth-order valence-electron chi connectivity index (χ4n) is 2.25. The second-order valence-corrected chi connectivity index (χ2v) is 5.66. The Morgan fingerprint density at radius 2 is 1.47 bits per heavy atom. The van der Waals surface area contributed by atoms with E-state index < -0.39 is 10.4 Å². The lowest BCUT2D eigenvalue weighted by molar-refractivity contribution is 0.354. The minimum Gasteiger partial charge on any atom is -0.493 e. The van der Waals surface area contributed by atoms with Crippen LogP contribution in [0, 0.1) is 0 Å². The van der Waals surface area contributed by atoms with Crippen LogP contribution in [0.3, 0.4) is 0 Å². The Labute approximate surface area is 112 Å². The van der Waals surface area contributed by atoms with Gasteiger partial charge in [-0.15, -0.1) is 0 Å². The second kappa shape index (κ2) is 5.34. The Kier molecular flexibility index (Phi) is 3.96. The lowest BCUT2D eigenvalue weighted by Gasteiger charge is -2.12. The van der Waals surface area contributed by atoms with E-state index >= 15 is 0 Å². The monoisotopic (exact) mass is 289 g/mol. The average Bonchev–Trinajstić information content (AvgIpc) is 2.58. The van der Waals surface area contributed by atoms with Gasteiger partial charge < -0.3 is 9.47 Å². The summed E-state index contributed by atoms with van der Waals surface area (Å²) < 4.78 is 46.2. The molecular weight excluding hydrogens is 273 g/mol. The van der Waals surface area contributed by atoms with Gasteiger partial charge in [-0.3, -0.25) is 0 Å². The zero-order valence-electron chi connectivity index (χ0n) is 10.8. The van der Waals surface area contributed by atoms with Crippen LogP contribution in [0.25, 0.3) is 0 Å². The van der Waals surface area contributed by atoms with Crippen molar-refractivity contribution in [1.82, 2.24) is 4.31 Å². The van der Waals surface area contributed by atoms with Gasteiger partial charge in [0.05, 0.1) is 14.2 Å². The van der Waals surface area contributed by atoms with Gasteiger partial charge in [-0.25, -0.2) is 0 Å². The zero-order valence-corrected chi connectivity index (χ0v) is 11.7. The summed E-state index contributed by atoms with van der Waals surface area (Å²) in [6.07, 6.45) is 0.914. The summed E-state index contributed by atoms with van der Waals surface area (Å²) in [5, 5.41) is 0. The number of benzene rings is 1. The molecule has 0 atom stereocenters. The quantitative estimate of drug-likeness (QED) is 0.788. The topological polar surface area (TPSA) is 55.8 Å². The molecule has 2 rings (SSSR count). The van der Waals surface area contributed by atoms with Gasteiger partial charge >= 0.3 is 10.4 Å². The molecule has 0 aliphatic carbocycles. The molecular formula is C12H16FNO4S. The predicted molar refractivity (Wildman–Crippen MR) is 68.6 cm³/mol. The number of halogens is 1. The number of hydrogen-bond acceptors (Lipinski definition) is 4. The standard InChI is InChI=1S/C12H16FNO4S/c1-17-11-7-9-3-5-14(19(13,15)16)6-4-10(9)8-12(11)18-2/h7-8H,3-6H2,1-2H3. The number of nitrogens with zero attached hydrogens (tertiary/aromatic N) is 1. The molecule has 0 saturated carbocycles. The Morgan fingerprint density at radius 3 is 1.79 bits per heavy atom. The molecule has 1 aromatic carbocycles. The molecule has 0 saturated heterocycles. The van der Waals surface area contributed by atoms with E-state index in [-0.39, 0.29) is 13.1 Å². The van der Waals surface area contributed by atoms with Crippen molar-refractivity contribution < 1.29 is 21.8 Å². The summed E-state index contributed by atoms with van der Waals surface area (Å²) in [6, 6.07) is 3.64. The minimum atomic E-state index is -4.63. The molecule has 1 aromatic rings. The third-order valence-electron chi connectivity index (χ3n) is 3.28. The fraction of sp³-hybridized carbons (Fsp3) is 0.500. The lowest BCUT2D eigenvalue weighted by Crippen LogP contribution is -2.30. The molecule has 19 heavy (non-hydrogen) atoms. The summed E-state index contributed by atoms with van der Waals surface area (Å²) in [4.78, 5) is 0. The Hall–Kier alpha value is -1.34. The molecule has 0 amide bonds. The highest BCUT2D eigenvalue weighted by atomic mass is 32.3. The molecule has 0 unspecified atom stereocenters. The maximum atomic E-state index is 13.0. The van der Waals surface area contributed by atoms with E-state index in [1.165, 1.54) is 0 Å². The molecule has 0 aromatic heterocycles. The van der Waals surface area contributed by atoms with Crippen LogP contribution in [-0.4, -0.2) is 40.0 Å². The van der Waals surface area contributed by atoms with Crippen molar-refractivity contribution >= 4 is 10.4 Å². The maximum absolute atomic E-state index is 13.0. The van der Waals surface area contributed by atoms with Crippen molar-refractivity contribution in [1.29, 1.82) is 0 Å². The van der Waals surface area contributed by atoms with Crippen molar-refractivity contribution in [3.05, 3.63) is 23.3 Å². The highest BCUT2D eigenvalue weighted by Crippen LogP contribution is 2.32. The van der Waals surface area contributed by atoms with E-state index in [4.69, 9.17) is 9.47 Å². The third-order valence-corrected chi connectivity index (χ3v) is 4.26. The van der Waals surface area contributed by atoms with E-state index in [0.717, 1.165) is 15.4 Å². The number of ether oxygens (including phenoxy) is 2. The van der Waals surface area contributed by atoms with Gasteiger partial charge in [-0.2, -0.15) is 12.7 Å². The first-order valence-corrected chi connectivity index (χ1v) is 7.23.